The van der Waals surface area contributed by atoms with Crippen molar-refractivity contribution < 1.29 is 23.5 Å². The van der Waals surface area contributed by atoms with Crippen molar-refractivity contribution in [1.82, 2.24) is 14.8 Å². The lowest BCUT2D eigenvalue weighted by atomic mass is 10.0. The fourth-order valence-corrected chi connectivity index (χ4v) is 5.73. The number of ether oxygens (including phenoxy) is 2. The standard InChI is InChI=1S/C27H26ClFN4O4S2/c1-14-10-19(11-15(2)23(14)28)37-16(3)24-31-32-27(33(24)4)39-13-21(34)30-25-22(26(35)36-5)20(12-38-25)17-6-8-18(29)9-7-17/h6-12,16H,13H2,1-5H3,(H,30,34). The number of nitrogens with zero attached hydrogens (tertiary/aromatic N) is 3. The molecule has 0 saturated carbocycles. The molecule has 1 unspecified atom stereocenters. The number of esters is 1. The van der Waals surface area contributed by atoms with Gasteiger partial charge in [0.2, 0.25) is 5.91 Å². The van der Waals surface area contributed by atoms with Crippen molar-refractivity contribution >= 4 is 51.6 Å². The van der Waals surface area contributed by atoms with Crippen LogP contribution in [0.5, 0.6) is 5.75 Å². The minimum Gasteiger partial charge on any atom is -0.483 e. The highest BCUT2D eigenvalue weighted by Gasteiger charge is 2.23. The van der Waals surface area contributed by atoms with Crippen LogP contribution in [0.3, 0.4) is 0 Å². The van der Waals surface area contributed by atoms with Crippen LogP contribution in [0.2, 0.25) is 5.02 Å². The summed E-state index contributed by atoms with van der Waals surface area (Å²) in [6.07, 6.45) is -0.399. The van der Waals surface area contributed by atoms with E-state index in [1.807, 2.05) is 32.9 Å². The zero-order valence-corrected chi connectivity index (χ0v) is 24.3. The van der Waals surface area contributed by atoms with E-state index < -0.39 is 12.1 Å². The van der Waals surface area contributed by atoms with Crippen LogP contribution < -0.4 is 10.1 Å². The molecule has 0 fully saturated rings. The minimum atomic E-state index is -0.600. The van der Waals surface area contributed by atoms with Crippen molar-refractivity contribution in [2.75, 3.05) is 18.2 Å². The number of amides is 1. The highest BCUT2D eigenvalue weighted by Crippen LogP contribution is 2.36. The Hall–Kier alpha value is -3.41. The van der Waals surface area contributed by atoms with Crippen LogP contribution in [0.1, 0.15) is 40.3 Å². The lowest BCUT2D eigenvalue weighted by Gasteiger charge is -2.16. The largest absolute Gasteiger partial charge is 0.483 e. The van der Waals surface area contributed by atoms with Crippen LogP contribution in [0.25, 0.3) is 11.1 Å². The number of aryl methyl sites for hydroxylation is 2. The number of aromatic nitrogens is 3. The molecular weight excluding hydrogens is 563 g/mol. The Morgan fingerprint density at radius 2 is 1.85 bits per heavy atom. The fourth-order valence-electron chi connectivity index (χ4n) is 3.93. The monoisotopic (exact) mass is 588 g/mol. The zero-order chi connectivity index (χ0) is 28.3. The number of carbonyl (C=O) groups is 2. The maximum absolute atomic E-state index is 13.4. The zero-order valence-electron chi connectivity index (χ0n) is 21.9. The molecule has 8 nitrogen and oxygen atoms in total. The van der Waals surface area contributed by atoms with Gasteiger partial charge in [0.25, 0.3) is 0 Å². The summed E-state index contributed by atoms with van der Waals surface area (Å²) < 4.78 is 26.2. The number of hydrogen-bond donors (Lipinski definition) is 1. The number of nitrogens with one attached hydrogen (secondary N) is 1. The van der Waals surface area contributed by atoms with E-state index >= 15 is 0 Å². The highest BCUT2D eigenvalue weighted by atomic mass is 35.5. The van der Waals surface area contributed by atoms with Crippen molar-refractivity contribution in [3.63, 3.8) is 0 Å². The molecule has 1 atom stereocenters. The average Bonchev–Trinajstić information content (AvgIpc) is 3.49. The lowest BCUT2D eigenvalue weighted by molar-refractivity contribution is -0.113. The van der Waals surface area contributed by atoms with E-state index in [9.17, 15) is 14.0 Å². The summed E-state index contributed by atoms with van der Waals surface area (Å²) in [4.78, 5) is 25.3. The second-order valence-electron chi connectivity index (χ2n) is 8.72. The molecular formula is C27H26ClFN4O4S2. The molecule has 0 aliphatic heterocycles. The fraction of sp³-hybridized carbons (Fsp3) is 0.259. The summed E-state index contributed by atoms with van der Waals surface area (Å²) in [5, 5.41) is 14.6. The van der Waals surface area contributed by atoms with E-state index in [1.54, 1.807) is 29.1 Å². The van der Waals surface area contributed by atoms with Gasteiger partial charge in [-0.05, 0) is 61.7 Å². The number of thioether (sulfide) groups is 1. The summed E-state index contributed by atoms with van der Waals surface area (Å²) >= 11 is 8.65. The van der Waals surface area contributed by atoms with Crippen LogP contribution in [-0.4, -0.2) is 39.5 Å². The number of thiophene rings is 1. The average molecular weight is 589 g/mol. The molecule has 4 aromatic rings. The second-order valence-corrected chi connectivity index (χ2v) is 10.9. The lowest BCUT2D eigenvalue weighted by Crippen LogP contribution is -2.16. The Morgan fingerprint density at radius 1 is 1.18 bits per heavy atom. The Bertz CT molecular complexity index is 1500. The number of anilines is 1. The summed E-state index contributed by atoms with van der Waals surface area (Å²) in [6.45, 7) is 5.71. The predicted octanol–water partition coefficient (Wildman–Crippen LogP) is 6.61. The van der Waals surface area contributed by atoms with Crippen molar-refractivity contribution in [1.29, 1.82) is 0 Å². The number of rotatable bonds is 9. The van der Waals surface area contributed by atoms with Crippen LogP contribution in [-0.2, 0) is 16.6 Å². The topological polar surface area (TPSA) is 95.3 Å². The smallest absolute Gasteiger partial charge is 0.341 e. The number of benzene rings is 2. The molecule has 12 heteroatoms. The van der Waals surface area contributed by atoms with Crippen LogP contribution in [0.15, 0.2) is 46.9 Å². The molecule has 0 aliphatic rings. The Balaban J connectivity index is 1.43. The van der Waals surface area contributed by atoms with Gasteiger partial charge in [-0.1, -0.05) is 35.5 Å². The van der Waals surface area contributed by atoms with Crippen molar-refractivity contribution in [2.24, 2.45) is 7.05 Å². The maximum atomic E-state index is 13.4. The number of halogens is 2. The first-order chi connectivity index (χ1) is 18.6. The third-order valence-electron chi connectivity index (χ3n) is 5.88. The first-order valence-corrected chi connectivity index (χ1v) is 14.0. The molecule has 2 aromatic carbocycles. The summed E-state index contributed by atoms with van der Waals surface area (Å²) in [5.41, 5.74) is 3.24. The number of methoxy groups -OCH3 is 1. The van der Waals surface area contributed by atoms with E-state index in [0.717, 1.165) is 11.1 Å². The van der Waals surface area contributed by atoms with Gasteiger partial charge in [-0.15, -0.1) is 21.5 Å². The van der Waals surface area contributed by atoms with Crippen LogP contribution >= 0.6 is 34.7 Å². The molecule has 1 N–H and O–H groups in total. The molecule has 204 valence electrons. The van der Waals surface area contributed by atoms with Gasteiger partial charge < -0.3 is 19.4 Å². The maximum Gasteiger partial charge on any atom is 0.341 e. The van der Waals surface area contributed by atoms with E-state index in [2.05, 4.69) is 15.5 Å². The molecule has 39 heavy (non-hydrogen) atoms. The van der Waals surface area contributed by atoms with Gasteiger partial charge in [-0.2, -0.15) is 0 Å². The van der Waals surface area contributed by atoms with Gasteiger partial charge in [-0.3, -0.25) is 4.79 Å². The molecule has 0 bridgehead atoms. The second kappa shape index (κ2) is 12.2. The van der Waals surface area contributed by atoms with Crippen molar-refractivity contribution in [3.8, 4) is 16.9 Å². The molecule has 0 radical (unpaired) electrons. The van der Waals surface area contributed by atoms with Crippen LogP contribution in [0.4, 0.5) is 9.39 Å². The molecule has 2 aromatic heterocycles. The molecule has 0 aliphatic carbocycles. The third-order valence-corrected chi connectivity index (χ3v) is 8.39. The van der Waals surface area contributed by atoms with Gasteiger partial charge in [0, 0.05) is 23.0 Å². The van der Waals surface area contributed by atoms with Gasteiger partial charge in [0.05, 0.1) is 12.9 Å². The number of carbonyl (C=O) groups excluding carboxylic acids is 2. The minimum absolute atomic E-state index is 0.0289. The normalized spacial score (nSPS) is 11.8. The van der Waals surface area contributed by atoms with E-state index in [-0.39, 0.29) is 23.0 Å². The van der Waals surface area contributed by atoms with E-state index in [1.165, 1.54) is 42.3 Å². The van der Waals surface area contributed by atoms with Gasteiger partial charge in [0.1, 0.15) is 22.1 Å². The van der Waals surface area contributed by atoms with Crippen molar-refractivity contribution in [3.05, 3.63) is 75.1 Å². The third kappa shape index (κ3) is 6.43. The SMILES string of the molecule is COC(=O)c1c(-c2ccc(F)cc2)csc1NC(=O)CSc1nnc(C(C)Oc2cc(C)c(Cl)c(C)c2)n1C. The molecule has 0 saturated heterocycles. The molecule has 0 spiro atoms. The summed E-state index contributed by atoms with van der Waals surface area (Å²) in [6, 6.07) is 9.49. The first kappa shape index (κ1) is 28.6. The van der Waals surface area contributed by atoms with Gasteiger partial charge >= 0.3 is 5.97 Å². The quantitative estimate of drug-likeness (QED) is 0.174. The van der Waals surface area contributed by atoms with E-state index in [0.29, 0.717) is 37.9 Å². The predicted molar refractivity (Wildman–Crippen MR) is 151 cm³/mol. The van der Waals surface area contributed by atoms with Crippen molar-refractivity contribution in [2.45, 2.75) is 32.0 Å². The molecule has 4 rings (SSSR count). The van der Waals surface area contributed by atoms with E-state index in [4.69, 9.17) is 21.1 Å². The summed E-state index contributed by atoms with van der Waals surface area (Å²) in [5.74, 6) is -0.0205. The molecule has 1 amide bonds. The summed E-state index contributed by atoms with van der Waals surface area (Å²) in [7, 11) is 3.07. The Morgan fingerprint density at radius 3 is 2.49 bits per heavy atom. The highest BCUT2D eigenvalue weighted by molar-refractivity contribution is 7.99. The number of hydrogen-bond acceptors (Lipinski definition) is 8. The Kier molecular flexibility index (Phi) is 8.94. The van der Waals surface area contributed by atoms with Crippen LogP contribution in [0, 0.1) is 19.7 Å². The first-order valence-electron chi connectivity index (χ1n) is 11.8. The van der Waals surface area contributed by atoms with Gasteiger partial charge in [0.15, 0.2) is 17.1 Å². The Labute approximate surface area is 238 Å². The van der Waals surface area contributed by atoms with Gasteiger partial charge in [-0.25, -0.2) is 9.18 Å². The molecule has 2 heterocycles.